The Balaban J connectivity index is 1.37. The van der Waals surface area contributed by atoms with E-state index in [0.29, 0.717) is 0 Å². The number of benzene rings is 3. The maximum absolute atomic E-state index is 9.92. The van der Waals surface area contributed by atoms with Gasteiger partial charge in [0.2, 0.25) is 0 Å². The monoisotopic (exact) mass is 424 g/mol. The summed E-state index contributed by atoms with van der Waals surface area (Å²) in [6, 6.07) is 20.6. The molecule has 0 bridgehead atoms. The van der Waals surface area contributed by atoms with Gasteiger partial charge in [0.1, 0.15) is 12.3 Å². The normalized spacial score (nSPS) is 15.7. The van der Waals surface area contributed by atoms with Gasteiger partial charge in [-0.2, -0.15) is 5.10 Å². The third-order valence-electron chi connectivity index (χ3n) is 5.12. The molecule has 0 aromatic heterocycles. The molecule has 3 aromatic carbocycles. The highest BCUT2D eigenvalue weighted by molar-refractivity contribution is 9.10. The molecule has 4 rings (SSSR count). The fourth-order valence-corrected chi connectivity index (χ4v) is 3.97. The van der Waals surface area contributed by atoms with Crippen LogP contribution >= 0.6 is 15.9 Å². The largest absolute Gasteiger partial charge is 0.507 e. The number of halogens is 1. The number of aromatic hydroxyl groups is 1. The average molecular weight is 425 g/mol. The first-order chi connectivity index (χ1) is 13.2. The number of phenolic OH excluding ortho intramolecular Hbond substituents is 1. The van der Waals surface area contributed by atoms with Crippen LogP contribution in [0.4, 0.5) is 0 Å². The molecule has 0 aliphatic carbocycles. The summed E-state index contributed by atoms with van der Waals surface area (Å²) >= 11 is 3.43. The number of hydrogen-bond acceptors (Lipinski definition) is 3. The molecule has 0 atom stereocenters. The lowest BCUT2D eigenvalue weighted by Crippen LogP contribution is -3.13. The molecule has 3 aromatic rings. The Hall–Kier alpha value is -2.37. The van der Waals surface area contributed by atoms with E-state index >= 15 is 0 Å². The highest BCUT2D eigenvalue weighted by Crippen LogP contribution is 2.20. The second-order valence-corrected chi connectivity index (χ2v) is 7.88. The van der Waals surface area contributed by atoms with Crippen molar-refractivity contribution in [3.63, 3.8) is 0 Å². The number of hydrogen-bond donors (Lipinski definition) is 2. The SMILES string of the molecule is Oc1ccc(Br)cc1C=NN1CC[NH+](Cc2cccc3ccccc23)CC1. The zero-order chi connectivity index (χ0) is 18.6. The molecule has 0 amide bonds. The minimum absolute atomic E-state index is 0.252. The number of fused-ring (bicyclic) bond motifs is 1. The predicted octanol–water partition coefficient (Wildman–Crippen LogP) is 3.04. The molecule has 1 heterocycles. The molecule has 1 aliphatic rings. The van der Waals surface area contributed by atoms with Gasteiger partial charge in [0, 0.05) is 15.6 Å². The van der Waals surface area contributed by atoms with E-state index in [1.165, 1.54) is 16.3 Å². The molecular weight excluding hydrogens is 402 g/mol. The fourth-order valence-electron chi connectivity index (χ4n) is 3.59. The Kier molecular flexibility index (Phi) is 5.41. The lowest BCUT2D eigenvalue weighted by atomic mass is 10.0. The Bertz CT molecular complexity index is 959. The molecule has 4 nitrogen and oxygen atoms in total. The average Bonchev–Trinajstić information content (AvgIpc) is 2.70. The Morgan fingerprint density at radius 1 is 1.04 bits per heavy atom. The Labute approximate surface area is 167 Å². The van der Waals surface area contributed by atoms with E-state index in [9.17, 15) is 5.11 Å². The van der Waals surface area contributed by atoms with Crippen molar-refractivity contribution >= 4 is 32.9 Å². The minimum Gasteiger partial charge on any atom is -0.507 e. The molecule has 138 valence electrons. The molecular formula is C22H23BrN3O+. The predicted molar refractivity (Wildman–Crippen MR) is 113 cm³/mol. The summed E-state index contributed by atoms with van der Waals surface area (Å²) in [5.41, 5.74) is 2.15. The topological polar surface area (TPSA) is 40.3 Å². The third kappa shape index (κ3) is 4.31. The molecule has 0 spiro atoms. The summed E-state index contributed by atoms with van der Waals surface area (Å²) in [5.74, 6) is 0.252. The summed E-state index contributed by atoms with van der Waals surface area (Å²) in [6.07, 6.45) is 1.75. The van der Waals surface area contributed by atoms with Crippen molar-refractivity contribution < 1.29 is 10.0 Å². The minimum atomic E-state index is 0.252. The molecule has 2 N–H and O–H groups in total. The van der Waals surface area contributed by atoms with E-state index in [1.54, 1.807) is 17.2 Å². The summed E-state index contributed by atoms with van der Waals surface area (Å²) in [5, 5.41) is 19.2. The summed E-state index contributed by atoms with van der Waals surface area (Å²) in [4.78, 5) is 1.59. The maximum atomic E-state index is 9.92. The van der Waals surface area contributed by atoms with Gasteiger partial charge >= 0.3 is 0 Å². The number of nitrogens with one attached hydrogen (secondary N) is 1. The molecule has 27 heavy (non-hydrogen) atoms. The van der Waals surface area contributed by atoms with Crippen LogP contribution in [-0.4, -0.2) is 42.5 Å². The van der Waals surface area contributed by atoms with Crippen LogP contribution in [0.5, 0.6) is 5.75 Å². The van der Waals surface area contributed by atoms with Gasteiger partial charge in [0.25, 0.3) is 0 Å². The number of rotatable bonds is 4. The van der Waals surface area contributed by atoms with Crippen LogP contribution in [0.1, 0.15) is 11.1 Å². The van der Waals surface area contributed by atoms with Crippen LogP contribution in [0.3, 0.4) is 0 Å². The maximum Gasteiger partial charge on any atom is 0.124 e. The van der Waals surface area contributed by atoms with E-state index in [-0.39, 0.29) is 5.75 Å². The number of piperazine rings is 1. The highest BCUT2D eigenvalue weighted by atomic mass is 79.9. The standard InChI is InChI=1S/C22H22BrN3O/c23-20-8-9-22(27)19(14-20)15-24-26-12-10-25(11-13-26)16-18-6-3-5-17-4-1-2-7-21(17)18/h1-9,14-15,27H,10-13,16H2/p+1. The van der Waals surface area contributed by atoms with E-state index < -0.39 is 0 Å². The molecule has 5 heteroatoms. The van der Waals surface area contributed by atoms with Crippen LogP contribution < -0.4 is 4.90 Å². The Morgan fingerprint density at radius 2 is 1.81 bits per heavy atom. The van der Waals surface area contributed by atoms with Gasteiger partial charge in [0.05, 0.1) is 32.4 Å². The van der Waals surface area contributed by atoms with Crippen molar-refractivity contribution in [2.75, 3.05) is 26.2 Å². The number of nitrogens with zero attached hydrogens (tertiary/aromatic N) is 2. The smallest absolute Gasteiger partial charge is 0.124 e. The number of hydrazone groups is 1. The van der Waals surface area contributed by atoms with Gasteiger partial charge in [-0.1, -0.05) is 58.4 Å². The van der Waals surface area contributed by atoms with Crippen LogP contribution in [0.25, 0.3) is 10.8 Å². The zero-order valence-electron chi connectivity index (χ0n) is 15.1. The van der Waals surface area contributed by atoms with Gasteiger partial charge in [0.15, 0.2) is 0 Å². The second kappa shape index (κ2) is 8.11. The molecule has 0 saturated carbocycles. The van der Waals surface area contributed by atoms with Gasteiger partial charge < -0.3 is 10.0 Å². The van der Waals surface area contributed by atoms with E-state index in [0.717, 1.165) is 42.8 Å². The summed E-state index contributed by atoms with van der Waals surface area (Å²) < 4.78 is 0.936. The van der Waals surface area contributed by atoms with E-state index in [1.807, 2.05) is 12.1 Å². The molecule has 0 radical (unpaired) electrons. The second-order valence-electron chi connectivity index (χ2n) is 6.97. The van der Waals surface area contributed by atoms with E-state index in [4.69, 9.17) is 0 Å². The van der Waals surface area contributed by atoms with Gasteiger partial charge in [-0.15, -0.1) is 0 Å². The third-order valence-corrected chi connectivity index (χ3v) is 5.61. The Morgan fingerprint density at radius 3 is 2.67 bits per heavy atom. The highest BCUT2D eigenvalue weighted by Gasteiger charge is 2.19. The first kappa shape index (κ1) is 18.0. The first-order valence-electron chi connectivity index (χ1n) is 9.27. The van der Waals surface area contributed by atoms with Crippen LogP contribution in [-0.2, 0) is 6.54 Å². The van der Waals surface area contributed by atoms with Gasteiger partial charge in [-0.3, -0.25) is 5.01 Å². The fraction of sp³-hybridized carbons (Fsp3) is 0.227. The molecule has 1 fully saturated rings. The van der Waals surface area contributed by atoms with Crippen molar-refractivity contribution in [1.82, 2.24) is 5.01 Å². The van der Waals surface area contributed by atoms with Crippen LogP contribution in [0, 0.1) is 0 Å². The van der Waals surface area contributed by atoms with Gasteiger partial charge in [-0.05, 0) is 29.0 Å². The zero-order valence-corrected chi connectivity index (χ0v) is 16.7. The molecule has 0 unspecified atom stereocenters. The molecule has 1 aliphatic heterocycles. The van der Waals surface area contributed by atoms with Crippen molar-refractivity contribution in [3.8, 4) is 5.75 Å². The van der Waals surface area contributed by atoms with Crippen molar-refractivity contribution in [2.45, 2.75) is 6.54 Å². The number of phenols is 1. The van der Waals surface area contributed by atoms with Gasteiger partial charge in [-0.25, -0.2) is 0 Å². The quantitative estimate of drug-likeness (QED) is 0.631. The summed E-state index contributed by atoms with van der Waals surface area (Å²) in [7, 11) is 0. The van der Waals surface area contributed by atoms with Crippen molar-refractivity contribution in [3.05, 3.63) is 76.3 Å². The lowest BCUT2D eigenvalue weighted by molar-refractivity contribution is -0.918. The summed E-state index contributed by atoms with van der Waals surface area (Å²) in [6.45, 7) is 5.01. The van der Waals surface area contributed by atoms with E-state index in [2.05, 4.69) is 68.5 Å². The lowest BCUT2D eigenvalue weighted by Gasteiger charge is -2.30. The number of quaternary nitrogens is 1. The van der Waals surface area contributed by atoms with Crippen LogP contribution in [0.2, 0.25) is 0 Å². The van der Waals surface area contributed by atoms with Crippen LogP contribution in [0.15, 0.2) is 70.2 Å². The van der Waals surface area contributed by atoms with Crippen molar-refractivity contribution in [1.29, 1.82) is 0 Å². The van der Waals surface area contributed by atoms with Crippen molar-refractivity contribution in [2.24, 2.45) is 5.10 Å². The molecule has 1 saturated heterocycles. The first-order valence-corrected chi connectivity index (χ1v) is 10.1.